The summed E-state index contributed by atoms with van der Waals surface area (Å²) in [6.07, 6.45) is 11.4. The number of carbonyl (C=O) groups is 1. The minimum atomic E-state index is 0.140. The first-order chi connectivity index (χ1) is 10.7. The Hall–Kier alpha value is -1.58. The molecule has 22 heavy (non-hydrogen) atoms. The highest BCUT2D eigenvalue weighted by Gasteiger charge is 2.31. The molecule has 1 aromatic heterocycles. The van der Waals surface area contributed by atoms with Crippen LogP contribution in [0.2, 0.25) is 0 Å². The van der Waals surface area contributed by atoms with Crippen LogP contribution in [0.4, 0.5) is 5.69 Å². The molecule has 0 spiro atoms. The number of piperidine rings is 1. The Morgan fingerprint density at radius 3 is 2.41 bits per heavy atom. The molecule has 2 fully saturated rings. The van der Waals surface area contributed by atoms with Crippen molar-refractivity contribution in [2.45, 2.75) is 38.5 Å². The molecule has 1 aliphatic carbocycles. The quantitative estimate of drug-likeness (QED) is 0.860. The van der Waals surface area contributed by atoms with Crippen molar-refractivity contribution >= 4 is 11.6 Å². The van der Waals surface area contributed by atoms with Gasteiger partial charge in [-0.05, 0) is 30.7 Å². The third-order valence-corrected chi connectivity index (χ3v) is 5.40. The fourth-order valence-corrected chi connectivity index (χ4v) is 4.11. The third kappa shape index (κ3) is 3.11. The minimum Gasteiger partial charge on any atom is -0.377 e. The van der Waals surface area contributed by atoms with Crippen molar-refractivity contribution in [1.82, 2.24) is 9.88 Å². The van der Waals surface area contributed by atoms with Gasteiger partial charge in [-0.3, -0.25) is 9.78 Å². The van der Waals surface area contributed by atoms with E-state index in [1.165, 1.54) is 38.5 Å². The molecule has 3 rings (SSSR count). The normalized spacial score (nSPS) is 20.4. The molecule has 4 heteroatoms. The van der Waals surface area contributed by atoms with E-state index in [2.05, 4.69) is 4.98 Å². The molecular formula is C18H27N3O. The summed E-state index contributed by atoms with van der Waals surface area (Å²) >= 11 is 0. The van der Waals surface area contributed by atoms with E-state index >= 15 is 0 Å². The van der Waals surface area contributed by atoms with E-state index in [4.69, 9.17) is 0 Å². The molecule has 1 amide bonds. The molecule has 1 aliphatic heterocycles. The molecule has 1 saturated heterocycles. The monoisotopic (exact) mass is 301 g/mol. The Labute approximate surface area is 133 Å². The SMILES string of the molecule is CN(C)c1ccncc1C(=O)N1CCC(C2CCCC2)CC1. The Morgan fingerprint density at radius 2 is 1.77 bits per heavy atom. The zero-order valence-electron chi connectivity index (χ0n) is 13.8. The lowest BCUT2D eigenvalue weighted by molar-refractivity contribution is 0.0659. The first-order valence-corrected chi connectivity index (χ1v) is 8.57. The average Bonchev–Trinajstić information content (AvgIpc) is 3.09. The molecule has 1 saturated carbocycles. The van der Waals surface area contributed by atoms with Gasteiger partial charge < -0.3 is 9.80 Å². The Bertz CT molecular complexity index is 515. The lowest BCUT2D eigenvalue weighted by atomic mass is 9.83. The maximum Gasteiger partial charge on any atom is 0.257 e. The molecule has 0 N–H and O–H groups in total. The first kappa shape index (κ1) is 15.3. The summed E-state index contributed by atoms with van der Waals surface area (Å²) in [6.45, 7) is 1.81. The van der Waals surface area contributed by atoms with Crippen LogP contribution >= 0.6 is 0 Å². The molecule has 4 nitrogen and oxygen atoms in total. The Kier molecular flexibility index (Phi) is 4.65. The van der Waals surface area contributed by atoms with Gasteiger partial charge in [-0.15, -0.1) is 0 Å². The second-order valence-electron chi connectivity index (χ2n) is 6.96. The molecule has 0 bridgehead atoms. The molecular weight excluding hydrogens is 274 g/mol. The van der Waals surface area contributed by atoms with Crippen molar-refractivity contribution < 1.29 is 4.79 Å². The van der Waals surface area contributed by atoms with Gasteiger partial charge in [0.1, 0.15) is 0 Å². The zero-order valence-corrected chi connectivity index (χ0v) is 13.8. The number of pyridine rings is 1. The van der Waals surface area contributed by atoms with Gasteiger partial charge in [-0.1, -0.05) is 25.7 Å². The topological polar surface area (TPSA) is 36.4 Å². The zero-order chi connectivity index (χ0) is 15.5. The van der Waals surface area contributed by atoms with Crippen LogP contribution < -0.4 is 4.90 Å². The van der Waals surface area contributed by atoms with Crippen LogP contribution in [0.1, 0.15) is 48.9 Å². The number of likely N-dealkylation sites (tertiary alicyclic amines) is 1. The second kappa shape index (κ2) is 6.67. The fraction of sp³-hybridized carbons (Fsp3) is 0.667. The van der Waals surface area contributed by atoms with Crippen LogP contribution in [0.5, 0.6) is 0 Å². The van der Waals surface area contributed by atoms with Crippen molar-refractivity contribution in [2.75, 3.05) is 32.1 Å². The van der Waals surface area contributed by atoms with Crippen molar-refractivity contribution in [2.24, 2.45) is 11.8 Å². The number of anilines is 1. The van der Waals surface area contributed by atoms with Crippen LogP contribution in [0.3, 0.4) is 0 Å². The molecule has 0 radical (unpaired) electrons. The number of carbonyl (C=O) groups excluding carboxylic acids is 1. The van der Waals surface area contributed by atoms with E-state index in [1.54, 1.807) is 12.4 Å². The lowest BCUT2D eigenvalue weighted by Crippen LogP contribution is -2.40. The van der Waals surface area contributed by atoms with Crippen LogP contribution in [0.15, 0.2) is 18.5 Å². The fourth-order valence-electron chi connectivity index (χ4n) is 4.11. The van der Waals surface area contributed by atoms with E-state index in [1.807, 2.05) is 30.0 Å². The van der Waals surface area contributed by atoms with Gasteiger partial charge in [-0.2, -0.15) is 0 Å². The highest BCUT2D eigenvalue weighted by Crippen LogP contribution is 2.37. The van der Waals surface area contributed by atoms with E-state index in [-0.39, 0.29) is 5.91 Å². The van der Waals surface area contributed by atoms with Gasteiger partial charge in [0.15, 0.2) is 0 Å². The highest BCUT2D eigenvalue weighted by atomic mass is 16.2. The second-order valence-corrected chi connectivity index (χ2v) is 6.96. The minimum absolute atomic E-state index is 0.140. The molecule has 0 unspecified atom stereocenters. The Morgan fingerprint density at radius 1 is 1.14 bits per heavy atom. The predicted octanol–water partition coefficient (Wildman–Crippen LogP) is 3.19. The van der Waals surface area contributed by atoms with Crippen LogP contribution in [0.25, 0.3) is 0 Å². The molecule has 2 heterocycles. The number of rotatable bonds is 3. The number of amides is 1. The van der Waals surface area contributed by atoms with Crippen molar-refractivity contribution in [3.8, 4) is 0 Å². The van der Waals surface area contributed by atoms with Crippen molar-refractivity contribution in [3.63, 3.8) is 0 Å². The smallest absolute Gasteiger partial charge is 0.257 e. The molecule has 120 valence electrons. The van der Waals surface area contributed by atoms with Gasteiger partial charge >= 0.3 is 0 Å². The summed E-state index contributed by atoms with van der Waals surface area (Å²) in [5, 5.41) is 0. The third-order valence-electron chi connectivity index (χ3n) is 5.40. The summed E-state index contributed by atoms with van der Waals surface area (Å²) in [6, 6.07) is 1.92. The van der Waals surface area contributed by atoms with Crippen LogP contribution in [0, 0.1) is 11.8 Å². The van der Waals surface area contributed by atoms with E-state index in [0.29, 0.717) is 0 Å². The lowest BCUT2D eigenvalue weighted by Gasteiger charge is -2.35. The maximum absolute atomic E-state index is 12.8. The number of hydrogen-bond acceptors (Lipinski definition) is 3. The number of hydrogen-bond donors (Lipinski definition) is 0. The summed E-state index contributed by atoms with van der Waals surface area (Å²) in [5.41, 5.74) is 1.68. The summed E-state index contributed by atoms with van der Waals surface area (Å²) < 4.78 is 0. The standard InChI is InChI=1S/C18H27N3O/c1-20(2)17-7-10-19-13-16(17)18(22)21-11-8-15(9-12-21)14-5-3-4-6-14/h7,10,13-15H,3-6,8-9,11-12H2,1-2H3. The van der Waals surface area contributed by atoms with Gasteiger partial charge in [0.05, 0.1) is 11.3 Å². The first-order valence-electron chi connectivity index (χ1n) is 8.57. The molecule has 1 aromatic rings. The maximum atomic E-state index is 12.8. The van der Waals surface area contributed by atoms with Gasteiger partial charge in [0, 0.05) is 39.6 Å². The van der Waals surface area contributed by atoms with Gasteiger partial charge in [-0.25, -0.2) is 0 Å². The highest BCUT2D eigenvalue weighted by molar-refractivity contribution is 5.99. The van der Waals surface area contributed by atoms with Gasteiger partial charge in [0.2, 0.25) is 0 Å². The summed E-state index contributed by atoms with van der Waals surface area (Å²) in [5.74, 6) is 1.91. The average molecular weight is 301 g/mol. The summed E-state index contributed by atoms with van der Waals surface area (Å²) in [4.78, 5) is 21.0. The van der Waals surface area contributed by atoms with Crippen molar-refractivity contribution in [1.29, 1.82) is 0 Å². The van der Waals surface area contributed by atoms with Crippen LogP contribution in [-0.4, -0.2) is 43.0 Å². The van der Waals surface area contributed by atoms with Gasteiger partial charge in [0.25, 0.3) is 5.91 Å². The van der Waals surface area contributed by atoms with Crippen molar-refractivity contribution in [3.05, 3.63) is 24.0 Å². The molecule has 0 atom stereocenters. The summed E-state index contributed by atoms with van der Waals surface area (Å²) in [7, 11) is 3.94. The number of aromatic nitrogens is 1. The van der Waals surface area contributed by atoms with E-state index in [9.17, 15) is 4.79 Å². The molecule has 0 aromatic carbocycles. The van der Waals surface area contributed by atoms with E-state index < -0.39 is 0 Å². The largest absolute Gasteiger partial charge is 0.377 e. The molecule has 2 aliphatic rings. The predicted molar refractivity (Wildman–Crippen MR) is 89.1 cm³/mol. The van der Waals surface area contributed by atoms with E-state index in [0.717, 1.165) is 36.2 Å². The Balaban J connectivity index is 1.65. The number of nitrogens with zero attached hydrogens (tertiary/aromatic N) is 3. The van der Waals surface area contributed by atoms with Crippen LogP contribution in [-0.2, 0) is 0 Å².